The van der Waals surface area contributed by atoms with Crippen LogP contribution in [0.5, 0.6) is 0 Å². The predicted octanol–water partition coefficient (Wildman–Crippen LogP) is 3.05. The summed E-state index contributed by atoms with van der Waals surface area (Å²) in [6, 6.07) is 13.9. The summed E-state index contributed by atoms with van der Waals surface area (Å²) in [6.45, 7) is 0. The predicted molar refractivity (Wildman–Crippen MR) is 76.4 cm³/mol. The average Bonchev–Trinajstić information content (AvgIpc) is 2.98. The number of pyridine rings is 1. The van der Waals surface area contributed by atoms with Crippen LogP contribution >= 0.6 is 11.8 Å². The van der Waals surface area contributed by atoms with E-state index in [1.54, 1.807) is 22.6 Å². The maximum Gasteiger partial charge on any atom is 0.131 e. The molecule has 0 fully saturated rings. The van der Waals surface area contributed by atoms with E-state index in [4.69, 9.17) is 0 Å². The van der Waals surface area contributed by atoms with Gasteiger partial charge in [-0.15, -0.1) is 16.9 Å². The maximum absolute atomic E-state index is 4.28. The first-order valence-electron chi connectivity index (χ1n) is 5.85. The zero-order valence-corrected chi connectivity index (χ0v) is 11.2. The molecular weight excluding hydrogens is 256 g/mol. The Morgan fingerprint density at radius 3 is 2.63 bits per heavy atom. The first-order valence-corrected chi connectivity index (χ1v) is 7.08. The fourth-order valence-electron chi connectivity index (χ4n) is 1.83. The summed E-state index contributed by atoms with van der Waals surface area (Å²) in [5.41, 5.74) is 2.64. The van der Waals surface area contributed by atoms with E-state index in [2.05, 4.69) is 27.6 Å². The van der Waals surface area contributed by atoms with Gasteiger partial charge in [-0.05, 0) is 30.5 Å². The van der Waals surface area contributed by atoms with Gasteiger partial charge in [0.15, 0.2) is 0 Å². The molecule has 19 heavy (non-hydrogen) atoms. The molecule has 0 saturated carbocycles. The quantitative estimate of drug-likeness (QED) is 0.685. The van der Waals surface area contributed by atoms with E-state index in [-0.39, 0.29) is 0 Å². The van der Waals surface area contributed by atoms with Crippen molar-refractivity contribution in [1.29, 1.82) is 0 Å². The first kappa shape index (κ1) is 11.9. The molecule has 0 amide bonds. The topological polar surface area (TPSA) is 43.6 Å². The van der Waals surface area contributed by atoms with Gasteiger partial charge in [0.25, 0.3) is 0 Å². The summed E-state index contributed by atoms with van der Waals surface area (Å²) < 4.78 is 1.79. The third kappa shape index (κ3) is 2.37. The van der Waals surface area contributed by atoms with Crippen LogP contribution in [0.15, 0.2) is 59.8 Å². The van der Waals surface area contributed by atoms with Gasteiger partial charge in [0, 0.05) is 11.1 Å². The van der Waals surface area contributed by atoms with E-state index in [9.17, 15) is 0 Å². The highest BCUT2D eigenvalue weighted by Gasteiger charge is 2.08. The molecule has 0 N–H and O–H groups in total. The molecule has 0 spiro atoms. The number of hydrogen-bond acceptors (Lipinski definition) is 4. The molecule has 0 aliphatic rings. The van der Waals surface area contributed by atoms with Gasteiger partial charge < -0.3 is 0 Å². The van der Waals surface area contributed by atoms with Gasteiger partial charge in [-0.2, -0.15) is 0 Å². The van der Waals surface area contributed by atoms with E-state index in [0.717, 1.165) is 17.1 Å². The lowest BCUT2D eigenvalue weighted by molar-refractivity contribution is 0.792. The Bertz CT molecular complexity index is 679. The van der Waals surface area contributed by atoms with Crippen molar-refractivity contribution in [1.82, 2.24) is 20.0 Å². The van der Waals surface area contributed by atoms with E-state index < -0.39 is 0 Å². The van der Waals surface area contributed by atoms with Crippen molar-refractivity contribution in [3.05, 3.63) is 54.9 Å². The number of benzene rings is 1. The molecule has 5 heteroatoms. The lowest BCUT2D eigenvalue weighted by Crippen LogP contribution is -1.96. The lowest BCUT2D eigenvalue weighted by Gasteiger charge is -2.05. The van der Waals surface area contributed by atoms with Crippen LogP contribution in [0.4, 0.5) is 0 Å². The van der Waals surface area contributed by atoms with Crippen LogP contribution in [0.2, 0.25) is 0 Å². The normalized spacial score (nSPS) is 10.6. The van der Waals surface area contributed by atoms with Crippen molar-refractivity contribution in [2.45, 2.75) is 4.90 Å². The van der Waals surface area contributed by atoms with E-state index in [0.29, 0.717) is 0 Å². The smallest absolute Gasteiger partial charge is 0.131 e. The van der Waals surface area contributed by atoms with Crippen LogP contribution in [0, 0.1) is 0 Å². The second-order valence-electron chi connectivity index (χ2n) is 3.94. The number of rotatable bonds is 3. The number of para-hydroxylation sites is 1. The van der Waals surface area contributed by atoms with Crippen LogP contribution in [-0.2, 0) is 0 Å². The Morgan fingerprint density at radius 1 is 1.00 bits per heavy atom. The minimum atomic E-state index is 0.775. The molecule has 0 aliphatic heterocycles. The highest BCUT2D eigenvalue weighted by Crippen LogP contribution is 2.24. The van der Waals surface area contributed by atoms with Gasteiger partial charge >= 0.3 is 0 Å². The Hall–Kier alpha value is -2.14. The summed E-state index contributed by atoms with van der Waals surface area (Å²) in [7, 11) is 0. The highest BCUT2D eigenvalue weighted by atomic mass is 32.2. The molecule has 2 aromatic heterocycles. The molecule has 0 bridgehead atoms. The largest absolute Gasteiger partial charge is 0.254 e. The average molecular weight is 268 g/mol. The second kappa shape index (κ2) is 5.24. The maximum atomic E-state index is 4.28. The summed E-state index contributed by atoms with van der Waals surface area (Å²) in [5.74, 6) is 0. The summed E-state index contributed by atoms with van der Waals surface area (Å²) in [4.78, 5) is 5.44. The third-order valence-corrected chi connectivity index (χ3v) is 3.54. The molecule has 0 atom stereocenters. The van der Waals surface area contributed by atoms with Crippen LogP contribution in [0.1, 0.15) is 0 Å². The SMILES string of the molecule is CSc1ccccc1-n1cc(-c2ccccn2)nn1. The minimum Gasteiger partial charge on any atom is -0.254 e. The molecule has 1 aromatic carbocycles. The lowest BCUT2D eigenvalue weighted by atomic mass is 10.3. The van der Waals surface area contributed by atoms with Crippen molar-refractivity contribution in [2.24, 2.45) is 0 Å². The van der Waals surface area contributed by atoms with Crippen LogP contribution < -0.4 is 0 Å². The zero-order valence-electron chi connectivity index (χ0n) is 10.4. The van der Waals surface area contributed by atoms with Crippen LogP contribution in [-0.4, -0.2) is 26.2 Å². The fraction of sp³-hybridized carbons (Fsp3) is 0.0714. The molecule has 3 rings (SSSR count). The second-order valence-corrected chi connectivity index (χ2v) is 4.78. The summed E-state index contributed by atoms with van der Waals surface area (Å²) in [6.07, 6.45) is 5.71. The van der Waals surface area contributed by atoms with Gasteiger partial charge in [0.1, 0.15) is 5.69 Å². The van der Waals surface area contributed by atoms with E-state index >= 15 is 0 Å². The van der Waals surface area contributed by atoms with Gasteiger partial charge in [0.2, 0.25) is 0 Å². The van der Waals surface area contributed by atoms with E-state index in [1.807, 2.05) is 42.6 Å². The van der Waals surface area contributed by atoms with Crippen molar-refractivity contribution < 1.29 is 0 Å². The first-order chi connectivity index (χ1) is 9.38. The van der Waals surface area contributed by atoms with Crippen LogP contribution in [0.25, 0.3) is 17.1 Å². The molecule has 4 nitrogen and oxygen atoms in total. The van der Waals surface area contributed by atoms with Gasteiger partial charge in [-0.1, -0.05) is 23.4 Å². The zero-order chi connectivity index (χ0) is 13.1. The van der Waals surface area contributed by atoms with Gasteiger partial charge in [-0.3, -0.25) is 4.98 Å². The molecule has 94 valence electrons. The number of aromatic nitrogens is 4. The Kier molecular flexibility index (Phi) is 3.29. The van der Waals surface area contributed by atoms with E-state index in [1.165, 1.54) is 4.90 Å². The summed E-state index contributed by atoms with van der Waals surface area (Å²) >= 11 is 1.69. The Balaban J connectivity index is 2.02. The van der Waals surface area contributed by atoms with Gasteiger partial charge in [-0.25, -0.2) is 4.68 Å². The molecule has 0 saturated heterocycles. The Morgan fingerprint density at radius 2 is 1.84 bits per heavy atom. The van der Waals surface area contributed by atoms with Crippen molar-refractivity contribution in [3.8, 4) is 17.1 Å². The monoisotopic (exact) mass is 268 g/mol. The molecule has 2 heterocycles. The highest BCUT2D eigenvalue weighted by molar-refractivity contribution is 7.98. The molecule has 0 unspecified atom stereocenters. The van der Waals surface area contributed by atoms with Crippen LogP contribution in [0.3, 0.4) is 0 Å². The van der Waals surface area contributed by atoms with Gasteiger partial charge in [0.05, 0.1) is 17.6 Å². The molecule has 3 aromatic rings. The number of thioether (sulfide) groups is 1. The van der Waals surface area contributed by atoms with Crippen molar-refractivity contribution >= 4 is 11.8 Å². The standard InChI is InChI=1S/C14H12N4S/c1-19-14-8-3-2-7-13(14)18-10-12(16-17-18)11-6-4-5-9-15-11/h2-10H,1H3. The van der Waals surface area contributed by atoms with Crippen molar-refractivity contribution in [3.63, 3.8) is 0 Å². The van der Waals surface area contributed by atoms with Crippen molar-refractivity contribution in [2.75, 3.05) is 6.26 Å². The molecule has 0 aliphatic carbocycles. The molecular formula is C14H12N4S. The fourth-order valence-corrected chi connectivity index (χ4v) is 2.42. The number of hydrogen-bond donors (Lipinski definition) is 0. The third-order valence-electron chi connectivity index (χ3n) is 2.75. The molecule has 0 radical (unpaired) electrons. The number of nitrogens with zero attached hydrogens (tertiary/aromatic N) is 4. The summed E-state index contributed by atoms with van der Waals surface area (Å²) in [5, 5.41) is 8.36. The Labute approximate surface area is 115 Å². The minimum absolute atomic E-state index is 0.775.